The van der Waals surface area contributed by atoms with E-state index in [1.165, 1.54) is 27.3 Å². The Hall–Kier alpha value is -1.45. The van der Waals surface area contributed by atoms with Crippen LogP contribution in [-0.2, 0) is 17.8 Å². The summed E-state index contributed by atoms with van der Waals surface area (Å²) in [7, 11) is 1.81. The van der Waals surface area contributed by atoms with E-state index in [1.54, 1.807) is 11.8 Å². The Bertz CT molecular complexity index is 792. The molecule has 1 aliphatic rings. The summed E-state index contributed by atoms with van der Waals surface area (Å²) < 4.78 is 5.42. The van der Waals surface area contributed by atoms with Gasteiger partial charge in [0.2, 0.25) is 0 Å². The molecule has 0 unspecified atom stereocenters. The molecule has 1 heterocycles. The second-order valence-electron chi connectivity index (χ2n) is 6.86. The fraction of sp³-hybridized carbons (Fsp3) is 0.409. The molecule has 0 aromatic heterocycles. The average molecular weight is 526 g/mol. The quantitative estimate of drug-likeness (QED) is 0.258. The van der Waals surface area contributed by atoms with Crippen LogP contribution in [0.5, 0.6) is 0 Å². The van der Waals surface area contributed by atoms with Gasteiger partial charge in [0.05, 0.1) is 13.2 Å². The van der Waals surface area contributed by atoms with Crippen LogP contribution in [0.3, 0.4) is 0 Å². The number of aryl methyl sites for hydroxylation is 1. The molecule has 1 aliphatic heterocycles. The van der Waals surface area contributed by atoms with Crippen molar-refractivity contribution in [1.82, 2.24) is 10.6 Å². The molecule has 0 amide bonds. The predicted molar refractivity (Wildman–Crippen MR) is 135 cm³/mol. The van der Waals surface area contributed by atoms with E-state index in [9.17, 15) is 0 Å². The molecular formula is C22H31IN4OS. The molecule has 0 bridgehead atoms. The van der Waals surface area contributed by atoms with Gasteiger partial charge in [0, 0.05) is 43.8 Å². The zero-order chi connectivity index (χ0) is 19.8. The Labute approximate surface area is 195 Å². The van der Waals surface area contributed by atoms with Crippen LogP contribution in [0.15, 0.2) is 52.4 Å². The number of morpholine rings is 1. The van der Waals surface area contributed by atoms with E-state index in [4.69, 9.17) is 4.74 Å². The van der Waals surface area contributed by atoms with Gasteiger partial charge in [-0.15, -0.1) is 35.7 Å². The summed E-state index contributed by atoms with van der Waals surface area (Å²) in [4.78, 5) is 8.02. The second kappa shape index (κ2) is 12.3. The van der Waals surface area contributed by atoms with Crippen LogP contribution in [0, 0.1) is 6.92 Å². The van der Waals surface area contributed by atoms with Gasteiger partial charge >= 0.3 is 0 Å². The van der Waals surface area contributed by atoms with Crippen LogP contribution in [0.1, 0.15) is 16.7 Å². The molecule has 2 N–H and O–H groups in total. The molecule has 0 aliphatic carbocycles. The SMILES string of the molecule is CN=C(NCc1ccc(N2CCOCC2)cc1)NCc1ccc(C)cc1SC.I. The molecule has 0 spiro atoms. The maximum Gasteiger partial charge on any atom is 0.191 e. The lowest BCUT2D eigenvalue weighted by molar-refractivity contribution is 0.122. The number of guanidine groups is 1. The smallest absolute Gasteiger partial charge is 0.191 e. The first kappa shape index (κ1) is 23.8. The maximum absolute atomic E-state index is 5.42. The number of ether oxygens (including phenoxy) is 1. The lowest BCUT2D eigenvalue weighted by Crippen LogP contribution is -2.36. The van der Waals surface area contributed by atoms with E-state index in [0.717, 1.165) is 45.4 Å². The van der Waals surface area contributed by atoms with Crippen LogP contribution in [0.25, 0.3) is 0 Å². The summed E-state index contributed by atoms with van der Waals surface area (Å²) in [5.74, 6) is 0.810. The second-order valence-corrected chi connectivity index (χ2v) is 7.71. The number of aliphatic imine (C=N–C) groups is 1. The molecule has 2 aromatic carbocycles. The van der Waals surface area contributed by atoms with Gasteiger partial charge in [0.15, 0.2) is 5.96 Å². The van der Waals surface area contributed by atoms with Crippen molar-refractivity contribution in [3.05, 3.63) is 59.2 Å². The van der Waals surface area contributed by atoms with E-state index >= 15 is 0 Å². The van der Waals surface area contributed by atoms with Gasteiger partial charge in [-0.1, -0.05) is 24.3 Å². The Morgan fingerprint density at radius 2 is 1.76 bits per heavy atom. The Kier molecular flexibility index (Phi) is 10.1. The summed E-state index contributed by atoms with van der Waals surface area (Å²) in [5, 5.41) is 6.82. The minimum atomic E-state index is 0. The van der Waals surface area contributed by atoms with Gasteiger partial charge < -0.3 is 20.3 Å². The minimum absolute atomic E-state index is 0. The Morgan fingerprint density at radius 3 is 2.41 bits per heavy atom. The zero-order valence-corrected chi connectivity index (χ0v) is 20.6. The van der Waals surface area contributed by atoms with Crippen LogP contribution >= 0.6 is 35.7 Å². The number of hydrogen-bond acceptors (Lipinski definition) is 4. The third-order valence-corrected chi connectivity index (χ3v) is 5.70. The van der Waals surface area contributed by atoms with Gasteiger partial charge in [0.1, 0.15) is 0 Å². The fourth-order valence-electron chi connectivity index (χ4n) is 3.23. The first-order valence-electron chi connectivity index (χ1n) is 9.69. The number of thioether (sulfide) groups is 1. The molecule has 1 saturated heterocycles. The molecular weight excluding hydrogens is 495 g/mol. The maximum atomic E-state index is 5.42. The van der Waals surface area contributed by atoms with Crippen LogP contribution < -0.4 is 15.5 Å². The number of anilines is 1. The Morgan fingerprint density at radius 1 is 1.07 bits per heavy atom. The highest BCUT2D eigenvalue weighted by molar-refractivity contribution is 14.0. The van der Waals surface area contributed by atoms with E-state index in [-0.39, 0.29) is 24.0 Å². The van der Waals surface area contributed by atoms with Gasteiger partial charge in [0.25, 0.3) is 0 Å². The molecule has 1 fully saturated rings. The number of nitrogens with one attached hydrogen (secondary N) is 2. The highest BCUT2D eigenvalue weighted by Crippen LogP contribution is 2.21. The van der Waals surface area contributed by atoms with Crippen LogP contribution in [0.4, 0.5) is 5.69 Å². The normalized spacial score (nSPS) is 14.3. The molecule has 3 rings (SSSR count). The van der Waals surface area contributed by atoms with Crippen molar-refractivity contribution in [3.63, 3.8) is 0 Å². The summed E-state index contributed by atoms with van der Waals surface area (Å²) in [6.07, 6.45) is 2.12. The molecule has 29 heavy (non-hydrogen) atoms. The summed E-state index contributed by atoms with van der Waals surface area (Å²) >= 11 is 1.78. The summed E-state index contributed by atoms with van der Waals surface area (Å²) in [5.41, 5.74) is 5.07. The number of nitrogens with zero attached hydrogens (tertiary/aromatic N) is 2. The van der Waals surface area contributed by atoms with Gasteiger partial charge in [-0.05, 0) is 48.1 Å². The number of hydrogen-bond donors (Lipinski definition) is 2. The largest absolute Gasteiger partial charge is 0.378 e. The standard InChI is InChI=1S/C22H30N4OS.HI/c1-17-4-7-19(21(14-17)28-3)16-25-22(23-2)24-15-18-5-8-20(9-6-18)26-10-12-27-13-11-26;/h4-9,14H,10-13,15-16H2,1-3H3,(H2,23,24,25);1H. The van der Waals surface area contributed by atoms with Crippen molar-refractivity contribution in [3.8, 4) is 0 Å². The minimum Gasteiger partial charge on any atom is -0.378 e. The van der Waals surface area contributed by atoms with E-state index in [2.05, 4.69) is 76.2 Å². The van der Waals surface area contributed by atoms with Crippen molar-refractivity contribution in [2.45, 2.75) is 24.9 Å². The third kappa shape index (κ3) is 7.08. The molecule has 7 heteroatoms. The van der Waals surface area contributed by atoms with E-state index < -0.39 is 0 Å². The number of halogens is 1. The molecule has 0 radical (unpaired) electrons. The highest BCUT2D eigenvalue weighted by atomic mass is 127. The highest BCUT2D eigenvalue weighted by Gasteiger charge is 2.10. The zero-order valence-electron chi connectivity index (χ0n) is 17.4. The molecule has 2 aromatic rings. The average Bonchev–Trinajstić information content (AvgIpc) is 2.75. The van der Waals surface area contributed by atoms with Crippen LogP contribution in [0.2, 0.25) is 0 Å². The van der Waals surface area contributed by atoms with Crippen molar-refractivity contribution in [1.29, 1.82) is 0 Å². The molecule has 5 nitrogen and oxygen atoms in total. The van der Waals surface area contributed by atoms with E-state index in [0.29, 0.717) is 0 Å². The van der Waals surface area contributed by atoms with Gasteiger partial charge in [-0.3, -0.25) is 4.99 Å². The number of benzene rings is 2. The third-order valence-electron chi connectivity index (χ3n) is 4.88. The van der Waals surface area contributed by atoms with Crippen molar-refractivity contribution in [2.24, 2.45) is 4.99 Å². The Balaban J connectivity index is 0.00000300. The van der Waals surface area contributed by atoms with Gasteiger partial charge in [-0.2, -0.15) is 0 Å². The predicted octanol–water partition coefficient (Wildman–Crippen LogP) is 4.04. The number of rotatable bonds is 6. The lowest BCUT2D eigenvalue weighted by Gasteiger charge is -2.28. The van der Waals surface area contributed by atoms with E-state index in [1.807, 2.05) is 7.05 Å². The van der Waals surface area contributed by atoms with Crippen LogP contribution in [-0.4, -0.2) is 45.6 Å². The van der Waals surface area contributed by atoms with Crippen molar-refractivity contribution >= 4 is 47.4 Å². The van der Waals surface area contributed by atoms with Crippen molar-refractivity contribution in [2.75, 3.05) is 44.5 Å². The molecule has 158 valence electrons. The summed E-state index contributed by atoms with van der Waals surface area (Å²) in [6, 6.07) is 15.3. The first-order chi connectivity index (χ1) is 13.7. The topological polar surface area (TPSA) is 48.9 Å². The van der Waals surface area contributed by atoms with Crippen molar-refractivity contribution < 1.29 is 4.74 Å². The molecule has 0 atom stereocenters. The first-order valence-corrected chi connectivity index (χ1v) is 10.9. The lowest BCUT2D eigenvalue weighted by atomic mass is 10.1. The molecule has 0 saturated carbocycles. The summed E-state index contributed by atoms with van der Waals surface area (Å²) in [6.45, 7) is 7.17. The fourth-order valence-corrected chi connectivity index (χ4v) is 3.94. The van der Waals surface area contributed by atoms with Gasteiger partial charge in [-0.25, -0.2) is 0 Å². The monoisotopic (exact) mass is 526 g/mol.